The molecule has 1 heterocycles. The lowest BCUT2D eigenvalue weighted by Crippen LogP contribution is -2.12. The van der Waals surface area contributed by atoms with Gasteiger partial charge in [-0.1, -0.05) is 37.0 Å². The molecule has 6 heteroatoms. The molecule has 96 valence electrons. The zero-order chi connectivity index (χ0) is 13.4. The lowest BCUT2D eigenvalue weighted by atomic mass is 10.0. The van der Waals surface area contributed by atoms with Crippen LogP contribution >= 0.6 is 39.1 Å². The SMILES string of the molecule is CC(C)c1cc2cc(Br)c(Cl)c(Cl)c2nc1NN. The number of halogens is 3. The van der Waals surface area contributed by atoms with Gasteiger partial charge in [-0.25, -0.2) is 10.8 Å². The van der Waals surface area contributed by atoms with Crippen LogP contribution in [0, 0.1) is 0 Å². The van der Waals surface area contributed by atoms with Gasteiger partial charge < -0.3 is 5.43 Å². The fourth-order valence-electron chi connectivity index (χ4n) is 1.80. The first-order valence-electron chi connectivity index (χ1n) is 5.40. The van der Waals surface area contributed by atoms with Crippen molar-refractivity contribution < 1.29 is 0 Å². The maximum Gasteiger partial charge on any atom is 0.144 e. The Labute approximate surface area is 124 Å². The van der Waals surface area contributed by atoms with Crippen molar-refractivity contribution in [3.05, 3.63) is 32.2 Å². The van der Waals surface area contributed by atoms with Gasteiger partial charge >= 0.3 is 0 Å². The maximum absolute atomic E-state index is 6.20. The summed E-state index contributed by atoms with van der Waals surface area (Å²) in [5, 5.41) is 1.81. The van der Waals surface area contributed by atoms with Crippen molar-refractivity contribution in [2.75, 3.05) is 5.43 Å². The number of nitrogens with one attached hydrogen (secondary N) is 1. The molecule has 3 N–H and O–H groups in total. The number of aromatic nitrogens is 1. The lowest BCUT2D eigenvalue weighted by Gasteiger charge is -2.14. The van der Waals surface area contributed by atoms with Crippen molar-refractivity contribution in [1.82, 2.24) is 4.98 Å². The number of hydrogen-bond donors (Lipinski definition) is 2. The number of nitrogens with two attached hydrogens (primary N) is 1. The summed E-state index contributed by atoms with van der Waals surface area (Å²) >= 11 is 15.7. The Morgan fingerprint density at radius 1 is 1.28 bits per heavy atom. The van der Waals surface area contributed by atoms with E-state index in [-0.39, 0.29) is 0 Å². The molecule has 0 radical (unpaired) electrons. The van der Waals surface area contributed by atoms with E-state index >= 15 is 0 Å². The highest BCUT2D eigenvalue weighted by Crippen LogP contribution is 2.38. The van der Waals surface area contributed by atoms with E-state index in [0.29, 0.717) is 27.3 Å². The van der Waals surface area contributed by atoms with Crippen LogP contribution in [0.25, 0.3) is 10.9 Å². The molecule has 0 aliphatic heterocycles. The number of fused-ring (bicyclic) bond motifs is 1. The summed E-state index contributed by atoms with van der Waals surface area (Å²) in [6.07, 6.45) is 0. The first kappa shape index (κ1) is 13.9. The number of pyridine rings is 1. The lowest BCUT2D eigenvalue weighted by molar-refractivity contribution is 0.862. The molecule has 3 nitrogen and oxygen atoms in total. The zero-order valence-electron chi connectivity index (χ0n) is 9.89. The molecule has 2 rings (SSSR count). The number of hydrazine groups is 1. The predicted molar refractivity (Wildman–Crippen MR) is 81.4 cm³/mol. The summed E-state index contributed by atoms with van der Waals surface area (Å²) in [5.41, 5.74) is 4.28. The van der Waals surface area contributed by atoms with E-state index in [2.05, 4.69) is 40.2 Å². The number of hydrogen-bond acceptors (Lipinski definition) is 3. The fraction of sp³-hybridized carbons (Fsp3) is 0.250. The number of nitrogen functional groups attached to an aromatic ring is 1. The van der Waals surface area contributed by atoms with Crippen LogP contribution in [-0.4, -0.2) is 4.98 Å². The Morgan fingerprint density at radius 3 is 2.50 bits per heavy atom. The van der Waals surface area contributed by atoms with Crippen LogP contribution in [0.5, 0.6) is 0 Å². The normalized spacial score (nSPS) is 11.3. The number of anilines is 1. The Bertz CT molecular complexity index is 614. The largest absolute Gasteiger partial charge is 0.308 e. The quantitative estimate of drug-likeness (QED) is 0.469. The second-order valence-corrected chi connectivity index (χ2v) is 5.89. The summed E-state index contributed by atoms with van der Waals surface area (Å²) in [5.74, 6) is 6.43. The van der Waals surface area contributed by atoms with E-state index < -0.39 is 0 Å². The van der Waals surface area contributed by atoms with E-state index in [1.807, 2.05) is 12.1 Å². The molecule has 0 unspecified atom stereocenters. The van der Waals surface area contributed by atoms with Gasteiger partial charge in [-0.3, -0.25) is 0 Å². The maximum atomic E-state index is 6.20. The molecule has 1 aromatic heterocycles. The third-order valence-electron chi connectivity index (χ3n) is 2.73. The highest BCUT2D eigenvalue weighted by Gasteiger charge is 2.14. The molecule has 0 amide bonds. The molecule has 0 spiro atoms. The monoisotopic (exact) mass is 347 g/mol. The van der Waals surface area contributed by atoms with Gasteiger partial charge in [0.05, 0.1) is 15.6 Å². The minimum Gasteiger partial charge on any atom is -0.308 e. The third kappa shape index (κ3) is 2.30. The first-order chi connectivity index (χ1) is 8.45. The minimum absolute atomic E-state index is 0.307. The average Bonchev–Trinajstić information content (AvgIpc) is 2.34. The van der Waals surface area contributed by atoms with Crippen LogP contribution in [0.1, 0.15) is 25.3 Å². The van der Waals surface area contributed by atoms with E-state index in [1.54, 1.807) is 0 Å². The fourth-order valence-corrected chi connectivity index (χ4v) is 2.75. The second kappa shape index (κ2) is 5.21. The van der Waals surface area contributed by atoms with Gasteiger partial charge in [0.1, 0.15) is 5.82 Å². The molecule has 0 saturated carbocycles. The minimum atomic E-state index is 0.307. The summed E-state index contributed by atoms with van der Waals surface area (Å²) in [6, 6.07) is 3.93. The summed E-state index contributed by atoms with van der Waals surface area (Å²) in [7, 11) is 0. The molecular weight excluding hydrogens is 337 g/mol. The Morgan fingerprint density at radius 2 is 1.94 bits per heavy atom. The van der Waals surface area contributed by atoms with Crippen molar-refractivity contribution in [1.29, 1.82) is 0 Å². The van der Waals surface area contributed by atoms with Crippen molar-refractivity contribution >= 4 is 55.9 Å². The van der Waals surface area contributed by atoms with E-state index in [0.717, 1.165) is 15.4 Å². The molecule has 0 saturated heterocycles. The third-order valence-corrected chi connectivity index (χ3v) is 4.44. The van der Waals surface area contributed by atoms with Crippen LogP contribution in [0.2, 0.25) is 10.0 Å². The van der Waals surface area contributed by atoms with Gasteiger partial charge in [0.2, 0.25) is 0 Å². The number of benzene rings is 1. The van der Waals surface area contributed by atoms with Gasteiger partial charge in [0, 0.05) is 9.86 Å². The van der Waals surface area contributed by atoms with Crippen LogP contribution in [0.15, 0.2) is 16.6 Å². The Balaban J connectivity index is 2.83. The van der Waals surface area contributed by atoms with Crippen molar-refractivity contribution in [2.45, 2.75) is 19.8 Å². The molecule has 18 heavy (non-hydrogen) atoms. The first-order valence-corrected chi connectivity index (χ1v) is 6.95. The van der Waals surface area contributed by atoms with Gasteiger partial charge in [-0.2, -0.15) is 0 Å². The molecular formula is C12H12BrCl2N3. The van der Waals surface area contributed by atoms with Gasteiger partial charge in [-0.05, 0) is 39.5 Å². The summed E-state index contributed by atoms with van der Waals surface area (Å²) in [6.45, 7) is 4.16. The van der Waals surface area contributed by atoms with Crippen LogP contribution in [-0.2, 0) is 0 Å². The highest BCUT2D eigenvalue weighted by atomic mass is 79.9. The van der Waals surface area contributed by atoms with Crippen molar-refractivity contribution in [3.8, 4) is 0 Å². The number of rotatable bonds is 2. The Hall–Kier alpha value is -0.550. The van der Waals surface area contributed by atoms with Crippen LogP contribution in [0.3, 0.4) is 0 Å². The van der Waals surface area contributed by atoms with Crippen molar-refractivity contribution in [3.63, 3.8) is 0 Å². The smallest absolute Gasteiger partial charge is 0.144 e. The molecule has 1 aromatic carbocycles. The summed E-state index contributed by atoms with van der Waals surface area (Å²) in [4.78, 5) is 4.44. The van der Waals surface area contributed by atoms with Gasteiger partial charge in [0.15, 0.2) is 0 Å². The topological polar surface area (TPSA) is 50.9 Å². The van der Waals surface area contributed by atoms with Crippen molar-refractivity contribution in [2.24, 2.45) is 5.84 Å². The molecule has 0 fully saturated rings. The highest BCUT2D eigenvalue weighted by molar-refractivity contribution is 9.10. The predicted octanol–water partition coefficient (Wildman–Crippen LogP) is 4.71. The van der Waals surface area contributed by atoms with Crippen LogP contribution in [0.4, 0.5) is 5.82 Å². The summed E-state index contributed by atoms with van der Waals surface area (Å²) < 4.78 is 0.756. The standard InChI is InChI=1S/C12H12BrCl2N3/c1-5(2)7-3-6-4-8(13)9(14)10(15)11(6)17-12(7)18-16/h3-5H,16H2,1-2H3,(H,17,18). The molecule has 0 aliphatic rings. The van der Waals surface area contributed by atoms with Gasteiger partial charge in [-0.15, -0.1) is 0 Å². The molecule has 0 aliphatic carbocycles. The number of nitrogens with zero attached hydrogens (tertiary/aromatic N) is 1. The van der Waals surface area contributed by atoms with Gasteiger partial charge in [0.25, 0.3) is 0 Å². The zero-order valence-corrected chi connectivity index (χ0v) is 13.0. The molecule has 0 bridgehead atoms. The molecule has 2 aromatic rings. The van der Waals surface area contributed by atoms with Crippen LogP contribution < -0.4 is 11.3 Å². The molecule has 0 atom stereocenters. The van der Waals surface area contributed by atoms with E-state index in [1.165, 1.54) is 0 Å². The average molecular weight is 349 g/mol. The Kier molecular flexibility index (Phi) is 4.02. The second-order valence-electron chi connectivity index (χ2n) is 4.28. The van der Waals surface area contributed by atoms with E-state index in [9.17, 15) is 0 Å². The van der Waals surface area contributed by atoms with E-state index in [4.69, 9.17) is 29.0 Å².